The summed E-state index contributed by atoms with van der Waals surface area (Å²) in [5.74, 6) is -0.121. The molecule has 5 heteroatoms. The van der Waals surface area contributed by atoms with E-state index in [0.717, 1.165) is 24.8 Å². The molecule has 1 heterocycles. The summed E-state index contributed by atoms with van der Waals surface area (Å²) >= 11 is 5.93. The van der Waals surface area contributed by atoms with Gasteiger partial charge in [0.05, 0.1) is 5.41 Å². The fourth-order valence-corrected chi connectivity index (χ4v) is 3.01. The van der Waals surface area contributed by atoms with Crippen LogP contribution in [-0.2, 0) is 17.3 Å². The summed E-state index contributed by atoms with van der Waals surface area (Å²) in [5.41, 5.74) is 0.510. The van der Waals surface area contributed by atoms with Crippen LogP contribution in [0.2, 0.25) is 5.02 Å². The Morgan fingerprint density at radius 1 is 1.23 bits per heavy atom. The molecule has 1 N–H and O–H groups in total. The molecule has 1 amide bonds. The van der Waals surface area contributed by atoms with Gasteiger partial charge in [0.25, 0.3) is 5.56 Å². The van der Waals surface area contributed by atoms with E-state index in [1.165, 1.54) is 4.57 Å². The maximum absolute atomic E-state index is 12.8. The second-order valence-corrected chi connectivity index (χ2v) is 6.17. The molecule has 4 nitrogen and oxygen atoms in total. The van der Waals surface area contributed by atoms with Crippen LogP contribution in [-0.4, -0.2) is 10.5 Å². The highest BCUT2D eigenvalue weighted by molar-refractivity contribution is 6.30. The molecule has 0 atom stereocenters. The lowest BCUT2D eigenvalue weighted by atomic mass is 9.64. The molecule has 1 aliphatic carbocycles. The normalized spacial score (nSPS) is 15.9. The van der Waals surface area contributed by atoms with E-state index >= 15 is 0 Å². The Morgan fingerprint density at radius 3 is 2.50 bits per heavy atom. The van der Waals surface area contributed by atoms with E-state index < -0.39 is 5.41 Å². The number of pyridine rings is 1. The number of aryl methyl sites for hydroxylation is 1. The van der Waals surface area contributed by atoms with Gasteiger partial charge in [0.1, 0.15) is 5.69 Å². The van der Waals surface area contributed by atoms with Gasteiger partial charge in [-0.2, -0.15) is 0 Å². The smallest absolute Gasteiger partial charge is 0.274 e. The number of carbonyl (C=O) groups is 1. The summed E-state index contributed by atoms with van der Waals surface area (Å²) in [5, 5.41) is 3.45. The van der Waals surface area contributed by atoms with Gasteiger partial charge in [-0.05, 0) is 42.7 Å². The number of halogens is 1. The third-order valence-corrected chi connectivity index (χ3v) is 4.66. The van der Waals surface area contributed by atoms with E-state index in [2.05, 4.69) is 5.32 Å². The SMILES string of the molecule is Cn1cccc(NC(=O)C2(c3ccc(Cl)cc3)CCC2)c1=O. The topological polar surface area (TPSA) is 51.1 Å². The van der Waals surface area contributed by atoms with Crippen molar-refractivity contribution in [3.63, 3.8) is 0 Å². The largest absolute Gasteiger partial charge is 0.321 e. The predicted molar refractivity (Wildman–Crippen MR) is 87.3 cm³/mol. The number of amides is 1. The van der Waals surface area contributed by atoms with Crippen molar-refractivity contribution in [2.45, 2.75) is 24.7 Å². The zero-order valence-electron chi connectivity index (χ0n) is 12.3. The number of carbonyl (C=O) groups excluding carboxylic acids is 1. The first-order valence-electron chi connectivity index (χ1n) is 7.26. The van der Waals surface area contributed by atoms with E-state index in [4.69, 9.17) is 11.6 Å². The lowest BCUT2D eigenvalue weighted by Gasteiger charge is -2.40. The number of nitrogens with zero attached hydrogens (tertiary/aromatic N) is 1. The van der Waals surface area contributed by atoms with Gasteiger partial charge in [-0.25, -0.2) is 0 Å². The van der Waals surface area contributed by atoms with E-state index in [9.17, 15) is 9.59 Å². The van der Waals surface area contributed by atoms with Crippen LogP contribution in [0.15, 0.2) is 47.4 Å². The molecule has 114 valence electrons. The quantitative estimate of drug-likeness (QED) is 0.946. The van der Waals surface area contributed by atoms with Crippen LogP contribution in [0.4, 0.5) is 5.69 Å². The molecule has 0 aliphatic heterocycles. The van der Waals surface area contributed by atoms with E-state index in [1.54, 1.807) is 37.5 Å². The standard InChI is InChI=1S/C17H17ClN2O2/c1-20-11-2-4-14(15(20)21)19-16(22)17(9-3-10-17)12-5-7-13(18)8-6-12/h2,4-8,11H,3,9-10H2,1H3,(H,19,22). The van der Waals surface area contributed by atoms with Gasteiger partial charge < -0.3 is 9.88 Å². The third kappa shape index (κ3) is 2.44. The van der Waals surface area contributed by atoms with Gasteiger partial charge in [-0.1, -0.05) is 30.2 Å². The zero-order chi connectivity index (χ0) is 15.7. The van der Waals surface area contributed by atoms with Gasteiger partial charge >= 0.3 is 0 Å². The van der Waals surface area contributed by atoms with Crippen LogP contribution in [0.3, 0.4) is 0 Å². The predicted octanol–water partition coefficient (Wildman–Crippen LogP) is 3.10. The summed E-state index contributed by atoms with van der Waals surface area (Å²) in [6.45, 7) is 0. The number of hydrogen-bond donors (Lipinski definition) is 1. The van der Waals surface area contributed by atoms with Crippen molar-refractivity contribution in [2.75, 3.05) is 5.32 Å². The van der Waals surface area contributed by atoms with Gasteiger partial charge in [0, 0.05) is 18.3 Å². The first kappa shape index (κ1) is 14.9. The van der Waals surface area contributed by atoms with Crippen molar-refractivity contribution in [2.24, 2.45) is 7.05 Å². The van der Waals surface area contributed by atoms with Gasteiger partial charge in [0.15, 0.2) is 0 Å². The first-order valence-corrected chi connectivity index (χ1v) is 7.64. The fraction of sp³-hybridized carbons (Fsp3) is 0.294. The highest BCUT2D eigenvalue weighted by Gasteiger charge is 2.45. The highest BCUT2D eigenvalue weighted by atomic mass is 35.5. The van der Waals surface area contributed by atoms with Crippen molar-refractivity contribution in [3.05, 3.63) is 63.5 Å². The van der Waals surface area contributed by atoms with E-state index in [-0.39, 0.29) is 11.5 Å². The number of aromatic nitrogens is 1. The summed E-state index contributed by atoms with van der Waals surface area (Å²) < 4.78 is 1.45. The third-order valence-electron chi connectivity index (χ3n) is 4.41. The number of hydrogen-bond acceptors (Lipinski definition) is 2. The second-order valence-electron chi connectivity index (χ2n) is 5.73. The Morgan fingerprint density at radius 2 is 1.91 bits per heavy atom. The lowest BCUT2D eigenvalue weighted by Crippen LogP contribution is -2.46. The average molecular weight is 317 g/mol. The van der Waals surface area contributed by atoms with Crippen LogP contribution in [0.1, 0.15) is 24.8 Å². The lowest BCUT2D eigenvalue weighted by molar-refractivity contribution is -0.124. The molecule has 1 saturated carbocycles. The average Bonchev–Trinajstić information content (AvgIpc) is 2.45. The molecule has 1 aromatic carbocycles. The fourth-order valence-electron chi connectivity index (χ4n) is 2.88. The molecule has 0 spiro atoms. The number of rotatable bonds is 3. The first-order chi connectivity index (χ1) is 10.5. The Hall–Kier alpha value is -2.07. The number of nitrogens with one attached hydrogen (secondary N) is 1. The van der Waals surface area contributed by atoms with Crippen molar-refractivity contribution in [1.82, 2.24) is 4.57 Å². The van der Waals surface area contributed by atoms with Gasteiger partial charge in [-0.3, -0.25) is 9.59 Å². The minimum Gasteiger partial charge on any atom is -0.321 e. The minimum absolute atomic E-state index is 0.121. The van der Waals surface area contributed by atoms with Crippen LogP contribution in [0, 0.1) is 0 Å². The number of benzene rings is 1. The molecule has 2 aromatic rings. The maximum atomic E-state index is 12.8. The molecule has 1 fully saturated rings. The Labute approximate surface area is 133 Å². The van der Waals surface area contributed by atoms with Crippen molar-refractivity contribution >= 4 is 23.2 Å². The van der Waals surface area contributed by atoms with Crippen molar-refractivity contribution < 1.29 is 4.79 Å². The minimum atomic E-state index is -0.550. The molecule has 0 radical (unpaired) electrons. The maximum Gasteiger partial charge on any atom is 0.274 e. The monoisotopic (exact) mass is 316 g/mol. The van der Waals surface area contributed by atoms with Crippen LogP contribution >= 0.6 is 11.6 Å². The molecule has 1 aromatic heterocycles. The summed E-state index contributed by atoms with van der Waals surface area (Å²) in [4.78, 5) is 24.8. The number of anilines is 1. The van der Waals surface area contributed by atoms with Crippen LogP contribution in [0.25, 0.3) is 0 Å². The summed E-state index contributed by atoms with van der Waals surface area (Å²) in [6.07, 6.45) is 4.24. The molecular weight excluding hydrogens is 300 g/mol. The molecule has 0 unspecified atom stereocenters. The summed E-state index contributed by atoms with van der Waals surface area (Å²) in [6, 6.07) is 10.8. The van der Waals surface area contributed by atoms with Crippen molar-refractivity contribution in [1.29, 1.82) is 0 Å². The van der Waals surface area contributed by atoms with Gasteiger partial charge in [0.2, 0.25) is 5.91 Å². The molecule has 22 heavy (non-hydrogen) atoms. The molecule has 0 saturated heterocycles. The molecule has 0 bridgehead atoms. The molecular formula is C17H17ClN2O2. The van der Waals surface area contributed by atoms with Crippen LogP contribution in [0.5, 0.6) is 0 Å². The van der Waals surface area contributed by atoms with E-state index in [0.29, 0.717) is 10.7 Å². The molecule has 1 aliphatic rings. The van der Waals surface area contributed by atoms with Crippen LogP contribution < -0.4 is 10.9 Å². The van der Waals surface area contributed by atoms with Gasteiger partial charge in [-0.15, -0.1) is 0 Å². The zero-order valence-corrected chi connectivity index (χ0v) is 13.1. The Bertz CT molecular complexity index is 761. The van der Waals surface area contributed by atoms with Crippen molar-refractivity contribution in [3.8, 4) is 0 Å². The van der Waals surface area contributed by atoms with E-state index in [1.807, 2.05) is 12.1 Å². The summed E-state index contributed by atoms with van der Waals surface area (Å²) in [7, 11) is 1.66. The Kier molecular flexibility index (Phi) is 3.79. The Balaban J connectivity index is 1.91. The molecule has 3 rings (SSSR count). The second kappa shape index (κ2) is 5.61. The highest BCUT2D eigenvalue weighted by Crippen LogP contribution is 2.44.